The Hall–Kier alpha value is -0.350. The van der Waals surface area contributed by atoms with Crippen LogP contribution in [0, 0.1) is 5.75 Å². The van der Waals surface area contributed by atoms with E-state index in [2.05, 4.69) is 11.7 Å². The Bertz CT molecular complexity index is 146. The molecular formula is C3H6NO2S. The van der Waals surface area contributed by atoms with Gasteiger partial charge in [0.2, 0.25) is 10.0 Å². The lowest BCUT2D eigenvalue weighted by atomic mass is 10.8. The number of sulfonamides is 1. The smallest absolute Gasteiger partial charge is 0.217 e. The molecule has 0 atom stereocenters. The summed E-state index contributed by atoms with van der Waals surface area (Å²) in [6.45, 7) is 3.13. The van der Waals surface area contributed by atoms with Gasteiger partial charge in [-0.1, -0.05) is 6.08 Å². The van der Waals surface area contributed by atoms with E-state index in [0.29, 0.717) is 0 Å². The number of rotatable bonds is 2. The summed E-state index contributed by atoms with van der Waals surface area (Å²) < 4.78 is 19.8. The van der Waals surface area contributed by atoms with Gasteiger partial charge in [0.1, 0.15) is 5.75 Å². The van der Waals surface area contributed by atoms with Crippen molar-refractivity contribution in [3.05, 3.63) is 18.4 Å². The average molecular weight is 120 g/mol. The molecule has 1 radical (unpaired) electrons. The second-order valence-corrected chi connectivity index (χ2v) is 2.41. The van der Waals surface area contributed by atoms with E-state index in [1.807, 2.05) is 0 Å². The Balaban J connectivity index is 3.84. The minimum atomic E-state index is -3.42. The third-order valence-electron chi connectivity index (χ3n) is 0.286. The van der Waals surface area contributed by atoms with E-state index < -0.39 is 10.0 Å². The summed E-state index contributed by atoms with van der Waals surface area (Å²) in [6.07, 6.45) is 1.12. The van der Waals surface area contributed by atoms with Gasteiger partial charge < -0.3 is 0 Å². The number of hydrogen-bond donors (Lipinski definition) is 1. The number of primary sulfonamides is 1. The fourth-order valence-corrected chi connectivity index (χ4v) is 0.402. The average Bonchev–Trinajstić information content (AvgIpc) is 1.30. The molecular weight excluding hydrogens is 114 g/mol. The largest absolute Gasteiger partial charge is 0.228 e. The summed E-state index contributed by atoms with van der Waals surface area (Å²) in [5, 5.41) is 4.49. The van der Waals surface area contributed by atoms with Crippen molar-refractivity contribution in [3.8, 4) is 0 Å². The Labute approximate surface area is 42.9 Å². The van der Waals surface area contributed by atoms with Crippen molar-refractivity contribution in [2.75, 3.05) is 0 Å². The minimum absolute atomic E-state index is 0.826. The van der Waals surface area contributed by atoms with Crippen LogP contribution in [0.4, 0.5) is 0 Å². The summed E-state index contributed by atoms with van der Waals surface area (Å²) in [6, 6.07) is 0. The van der Waals surface area contributed by atoms with Crippen LogP contribution in [0.2, 0.25) is 0 Å². The molecule has 0 aliphatic carbocycles. The van der Waals surface area contributed by atoms with Crippen LogP contribution in [0.1, 0.15) is 0 Å². The Morgan fingerprint density at radius 3 is 2.00 bits per heavy atom. The van der Waals surface area contributed by atoms with Gasteiger partial charge in [-0.25, -0.2) is 13.6 Å². The molecule has 0 aliphatic rings. The van der Waals surface area contributed by atoms with Crippen LogP contribution >= 0.6 is 0 Å². The lowest BCUT2D eigenvalue weighted by Crippen LogP contribution is -2.09. The maximum absolute atomic E-state index is 9.88. The van der Waals surface area contributed by atoms with Crippen LogP contribution in [0.15, 0.2) is 12.7 Å². The quantitative estimate of drug-likeness (QED) is 0.540. The fourth-order valence-electron chi connectivity index (χ4n) is 0.134. The zero-order valence-electron chi connectivity index (χ0n) is 3.66. The molecule has 41 valence electrons. The van der Waals surface area contributed by atoms with Crippen molar-refractivity contribution < 1.29 is 8.42 Å². The van der Waals surface area contributed by atoms with E-state index in [0.717, 1.165) is 11.8 Å². The summed E-state index contributed by atoms with van der Waals surface area (Å²) >= 11 is 0. The van der Waals surface area contributed by atoms with Crippen molar-refractivity contribution in [3.63, 3.8) is 0 Å². The van der Waals surface area contributed by atoms with Gasteiger partial charge in [0.15, 0.2) is 0 Å². The molecule has 0 saturated heterocycles. The molecule has 0 heterocycles. The molecule has 7 heavy (non-hydrogen) atoms. The highest BCUT2D eigenvalue weighted by atomic mass is 32.2. The standard InChI is InChI=1S/C3H6NO2S/c1-2-3-7(4,5)6/h2-3H,1H2,(H2,4,5,6). The predicted octanol–water partition coefficient (Wildman–Crippen LogP) is -0.377. The van der Waals surface area contributed by atoms with Gasteiger partial charge in [0.05, 0.1) is 0 Å². The molecule has 0 bridgehead atoms. The molecule has 0 aliphatic heterocycles. The molecule has 2 N–H and O–H groups in total. The Kier molecular flexibility index (Phi) is 1.98. The van der Waals surface area contributed by atoms with Crippen molar-refractivity contribution in [1.29, 1.82) is 0 Å². The Morgan fingerprint density at radius 1 is 1.57 bits per heavy atom. The van der Waals surface area contributed by atoms with Crippen LogP contribution < -0.4 is 5.14 Å². The third-order valence-corrected chi connectivity index (χ3v) is 0.858. The molecule has 0 aromatic carbocycles. The normalized spacial score (nSPS) is 11.0. The topological polar surface area (TPSA) is 60.2 Å². The SMILES string of the molecule is C=C[CH]S(N)(=O)=O. The lowest BCUT2D eigenvalue weighted by molar-refractivity contribution is 0.604. The van der Waals surface area contributed by atoms with E-state index in [-0.39, 0.29) is 0 Å². The molecule has 0 unspecified atom stereocenters. The first kappa shape index (κ1) is 6.65. The van der Waals surface area contributed by atoms with E-state index >= 15 is 0 Å². The van der Waals surface area contributed by atoms with E-state index in [1.54, 1.807) is 0 Å². The molecule has 0 saturated carbocycles. The van der Waals surface area contributed by atoms with Crippen molar-refractivity contribution in [2.24, 2.45) is 5.14 Å². The predicted molar refractivity (Wildman–Crippen MR) is 27.6 cm³/mol. The monoisotopic (exact) mass is 120 g/mol. The van der Waals surface area contributed by atoms with E-state index in [9.17, 15) is 8.42 Å². The second-order valence-electron chi connectivity index (χ2n) is 0.961. The van der Waals surface area contributed by atoms with Crippen LogP contribution in [0.5, 0.6) is 0 Å². The highest BCUT2D eigenvalue weighted by molar-refractivity contribution is 7.91. The van der Waals surface area contributed by atoms with Crippen molar-refractivity contribution >= 4 is 10.0 Å². The van der Waals surface area contributed by atoms with E-state index in [1.165, 1.54) is 0 Å². The number of hydrogen-bond acceptors (Lipinski definition) is 2. The van der Waals surface area contributed by atoms with Gasteiger partial charge in [-0.05, 0) is 0 Å². The summed E-state index contributed by atoms with van der Waals surface area (Å²) in [5.41, 5.74) is 0. The van der Waals surface area contributed by atoms with Gasteiger partial charge >= 0.3 is 0 Å². The maximum Gasteiger partial charge on any atom is 0.217 e. The molecule has 0 spiro atoms. The summed E-state index contributed by atoms with van der Waals surface area (Å²) in [5.74, 6) is 0.826. The minimum Gasteiger partial charge on any atom is -0.228 e. The van der Waals surface area contributed by atoms with Gasteiger partial charge in [-0.15, -0.1) is 6.58 Å². The second kappa shape index (κ2) is 2.09. The molecule has 0 aromatic rings. The van der Waals surface area contributed by atoms with Crippen LogP contribution in [0.3, 0.4) is 0 Å². The molecule has 0 rings (SSSR count). The molecule has 0 fully saturated rings. The lowest BCUT2D eigenvalue weighted by Gasteiger charge is -1.82. The summed E-state index contributed by atoms with van der Waals surface area (Å²) in [7, 11) is -3.42. The van der Waals surface area contributed by atoms with Crippen LogP contribution in [-0.4, -0.2) is 8.42 Å². The maximum atomic E-state index is 9.88. The van der Waals surface area contributed by atoms with Crippen LogP contribution in [0.25, 0.3) is 0 Å². The molecule has 4 heteroatoms. The van der Waals surface area contributed by atoms with Gasteiger partial charge in [-0.2, -0.15) is 0 Å². The zero-order valence-corrected chi connectivity index (χ0v) is 4.48. The molecule has 0 aromatic heterocycles. The third kappa shape index (κ3) is 5.65. The highest BCUT2D eigenvalue weighted by Crippen LogP contribution is 1.82. The zero-order chi connectivity index (χ0) is 5.91. The Morgan fingerprint density at radius 2 is 2.00 bits per heavy atom. The van der Waals surface area contributed by atoms with Gasteiger partial charge in [0, 0.05) is 0 Å². The van der Waals surface area contributed by atoms with Crippen LogP contribution in [-0.2, 0) is 10.0 Å². The van der Waals surface area contributed by atoms with Gasteiger partial charge in [-0.3, -0.25) is 0 Å². The van der Waals surface area contributed by atoms with Crippen molar-refractivity contribution in [2.45, 2.75) is 0 Å². The first-order valence-electron chi connectivity index (χ1n) is 1.55. The fraction of sp³-hybridized carbons (Fsp3) is 0. The first-order chi connectivity index (χ1) is 3.06. The van der Waals surface area contributed by atoms with Gasteiger partial charge in [0.25, 0.3) is 0 Å². The summed E-state index contributed by atoms with van der Waals surface area (Å²) in [4.78, 5) is 0. The molecule has 3 nitrogen and oxygen atoms in total. The van der Waals surface area contributed by atoms with E-state index in [4.69, 9.17) is 0 Å². The highest BCUT2D eigenvalue weighted by Gasteiger charge is 1.94. The first-order valence-corrected chi connectivity index (χ1v) is 3.16. The number of nitrogens with two attached hydrogens (primary N) is 1. The molecule has 0 amide bonds. The van der Waals surface area contributed by atoms with Crippen molar-refractivity contribution in [1.82, 2.24) is 0 Å².